The van der Waals surface area contributed by atoms with E-state index in [1.807, 2.05) is 20.9 Å². The maximum absolute atomic E-state index is 12.0. The number of aryl methyl sites for hydroxylation is 2. The summed E-state index contributed by atoms with van der Waals surface area (Å²) < 4.78 is 1.79. The molecular weight excluding hydrogens is 270 g/mol. The van der Waals surface area contributed by atoms with Crippen LogP contribution in [0.4, 0.5) is 0 Å². The number of carboxylic acid groups (broad SMARTS) is 1. The van der Waals surface area contributed by atoms with Gasteiger partial charge >= 0.3 is 5.97 Å². The Morgan fingerprint density at radius 3 is 2.29 bits per heavy atom. The van der Waals surface area contributed by atoms with Crippen molar-refractivity contribution in [3.8, 4) is 0 Å². The monoisotopic (exact) mass is 295 g/mol. The molecule has 0 fully saturated rings. The number of aromatic nitrogens is 2. The second-order valence-electron chi connectivity index (χ2n) is 6.48. The van der Waals surface area contributed by atoms with Crippen LogP contribution in [0, 0.1) is 19.3 Å². The van der Waals surface area contributed by atoms with Gasteiger partial charge in [0.25, 0.3) is 0 Å². The number of aliphatic carboxylic acids is 1. The Bertz CT molecular complexity index is 541. The van der Waals surface area contributed by atoms with E-state index in [2.05, 4.69) is 10.4 Å². The number of nitrogens with one attached hydrogen (secondary N) is 1. The molecule has 0 spiro atoms. The van der Waals surface area contributed by atoms with E-state index in [4.69, 9.17) is 0 Å². The van der Waals surface area contributed by atoms with Crippen LogP contribution in [0.1, 0.15) is 44.1 Å². The van der Waals surface area contributed by atoms with E-state index in [1.165, 1.54) is 0 Å². The largest absolute Gasteiger partial charge is 0.480 e. The molecule has 0 saturated carbocycles. The highest BCUT2D eigenvalue weighted by Crippen LogP contribution is 2.20. The van der Waals surface area contributed by atoms with Crippen LogP contribution in [0.5, 0.6) is 0 Å². The first-order chi connectivity index (χ1) is 9.54. The van der Waals surface area contributed by atoms with Gasteiger partial charge in [-0.1, -0.05) is 20.8 Å². The van der Waals surface area contributed by atoms with Crippen LogP contribution >= 0.6 is 0 Å². The van der Waals surface area contributed by atoms with Crippen LogP contribution in [-0.4, -0.2) is 32.8 Å². The summed E-state index contributed by atoms with van der Waals surface area (Å²) >= 11 is 0. The normalized spacial score (nSPS) is 13.0. The molecule has 1 aromatic heterocycles. The van der Waals surface area contributed by atoms with Crippen molar-refractivity contribution in [1.29, 1.82) is 0 Å². The van der Waals surface area contributed by atoms with Gasteiger partial charge in [0, 0.05) is 19.2 Å². The van der Waals surface area contributed by atoms with E-state index in [0.29, 0.717) is 6.42 Å². The molecule has 0 unspecified atom stereocenters. The lowest BCUT2D eigenvalue weighted by molar-refractivity contribution is -0.144. The van der Waals surface area contributed by atoms with Crippen LogP contribution in [0.15, 0.2) is 0 Å². The van der Waals surface area contributed by atoms with Crippen molar-refractivity contribution in [3.05, 3.63) is 17.0 Å². The first-order valence-corrected chi connectivity index (χ1v) is 7.05. The van der Waals surface area contributed by atoms with Gasteiger partial charge in [0.15, 0.2) is 0 Å². The van der Waals surface area contributed by atoms with Crippen molar-refractivity contribution in [2.75, 3.05) is 0 Å². The van der Waals surface area contributed by atoms with E-state index in [1.54, 1.807) is 25.5 Å². The number of carbonyl (C=O) groups is 2. The molecule has 1 rings (SSSR count). The topological polar surface area (TPSA) is 84.2 Å². The molecule has 0 aromatic carbocycles. The highest BCUT2D eigenvalue weighted by molar-refractivity contribution is 5.84. The number of nitrogens with zero attached hydrogens (tertiary/aromatic N) is 2. The second-order valence-corrected chi connectivity index (χ2v) is 6.48. The molecule has 6 nitrogen and oxygen atoms in total. The summed E-state index contributed by atoms with van der Waals surface area (Å²) in [7, 11) is 1.87. The summed E-state index contributed by atoms with van der Waals surface area (Å²) in [6, 6.07) is -0.888. The Morgan fingerprint density at radius 1 is 1.33 bits per heavy atom. The molecule has 1 heterocycles. The van der Waals surface area contributed by atoms with Crippen molar-refractivity contribution in [1.82, 2.24) is 15.1 Å². The number of rotatable bonds is 5. The summed E-state index contributed by atoms with van der Waals surface area (Å²) in [5.74, 6) is -1.26. The molecular formula is C15H25N3O3. The van der Waals surface area contributed by atoms with Crippen molar-refractivity contribution >= 4 is 11.9 Å². The minimum atomic E-state index is -1.01. The highest BCUT2D eigenvalue weighted by atomic mass is 16.4. The molecule has 118 valence electrons. The predicted molar refractivity (Wildman–Crippen MR) is 80.0 cm³/mol. The molecule has 21 heavy (non-hydrogen) atoms. The van der Waals surface area contributed by atoms with E-state index in [-0.39, 0.29) is 12.3 Å². The number of hydrogen-bond donors (Lipinski definition) is 2. The predicted octanol–water partition coefficient (Wildman–Crippen LogP) is 1.59. The van der Waals surface area contributed by atoms with Gasteiger partial charge in [0.05, 0.1) is 5.69 Å². The van der Waals surface area contributed by atoms with Gasteiger partial charge < -0.3 is 10.4 Å². The van der Waals surface area contributed by atoms with E-state index >= 15 is 0 Å². The third-order valence-corrected chi connectivity index (χ3v) is 3.68. The van der Waals surface area contributed by atoms with E-state index in [9.17, 15) is 14.7 Å². The molecule has 0 aliphatic rings. The maximum atomic E-state index is 12.0. The first-order valence-electron chi connectivity index (χ1n) is 7.05. The minimum Gasteiger partial charge on any atom is -0.480 e. The van der Waals surface area contributed by atoms with Crippen LogP contribution in [0.2, 0.25) is 0 Å². The lowest BCUT2D eigenvalue weighted by Crippen LogP contribution is -2.49. The van der Waals surface area contributed by atoms with Gasteiger partial charge in [-0.15, -0.1) is 0 Å². The fourth-order valence-electron chi connectivity index (χ4n) is 2.30. The van der Waals surface area contributed by atoms with Gasteiger partial charge in [-0.3, -0.25) is 9.48 Å². The summed E-state index contributed by atoms with van der Waals surface area (Å²) in [5.41, 5.74) is 2.47. The van der Waals surface area contributed by atoms with Crippen LogP contribution in [-0.2, 0) is 23.1 Å². The van der Waals surface area contributed by atoms with Gasteiger partial charge in [0.1, 0.15) is 6.04 Å². The fraction of sp³-hybridized carbons (Fsp3) is 0.667. The standard InChI is InChI=1S/C15H25N3O3/c1-9-11(10(2)18(6)17-9)7-8-12(19)16-13(14(20)21)15(3,4)5/h13H,7-8H2,1-6H3,(H,16,19)(H,20,21)/t13-/m1/s1. The molecule has 6 heteroatoms. The van der Waals surface area contributed by atoms with Crippen molar-refractivity contribution < 1.29 is 14.7 Å². The Hall–Kier alpha value is -1.85. The molecule has 1 atom stereocenters. The number of hydrogen-bond acceptors (Lipinski definition) is 3. The molecule has 1 aromatic rings. The number of carbonyl (C=O) groups excluding carboxylic acids is 1. The molecule has 1 amide bonds. The average Bonchev–Trinajstić information content (AvgIpc) is 2.56. The molecule has 0 aliphatic heterocycles. The van der Waals surface area contributed by atoms with Crippen LogP contribution in [0.25, 0.3) is 0 Å². The summed E-state index contributed by atoms with van der Waals surface area (Å²) in [6.07, 6.45) is 0.820. The lowest BCUT2D eigenvalue weighted by Gasteiger charge is -2.27. The minimum absolute atomic E-state index is 0.250. The fourth-order valence-corrected chi connectivity index (χ4v) is 2.30. The zero-order valence-corrected chi connectivity index (χ0v) is 13.6. The quantitative estimate of drug-likeness (QED) is 0.864. The maximum Gasteiger partial charge on any atom is 0.326 e. The van der Waals surface area contributed by atoms with Gasteiger partial charge in [-0.2, -0.15) is 5.10 Å². The zero-order valence-electron chi connectivity index (χ0n) is 13.6. The van der Waals surface area contributed by atoms with Crippen LogP contribution in [0.3, 0.4) is 0 Å². The zero-order chi connectivity index (χ0) is 16.4. The van der Waals surface area contributed by atoms with Crippen molar-refractivity contribution in [2.45, 2.75) is 53.5 Å². The van der Waals surface area contributed by atoms with E-state index < -0.39 is 17.4 Å². The Labute approximate surface area is 125 Å². The number of carboxylic acids is 1. The second kappa shape index (κ2) is 6.28. The Balaban J connectivity index is 2.68. The Kier molecular flexibility index (Phi) is 5.15. The van der Waals surface area contributed by atoms with Crippen molar-refractivity contribution in [3.63, 3.8) is 0 Å². The summed E-state index contributed by atoms with van der Waals surface area (Å²) in [6.45, 7) is 9.25. The molecule has 0 radical (unpaired) electrons. The van der Waals surface area contributed by atoms with Gasteiger partial charge in [0.2, 0.25) is 5.91 Å². The SMILES string of the molecule is Cc1nn(C)c(C)c1CCC(=O)N[C@H](C(=O)O)C(C)(C)C. The van der Waals surface area contributed by atoms with E-state index in [0.717, 1.165) is 17.0 Å². The molecule has 2 N–H and O–H groups in total. The number of amides is 1. The molecule has 0 bridgehead atoms. The lowest BCUT2D eigenvalue weighted by atomic mass is 9.86. The van der Waals surface area contributed by atoms with Crippen molar-refractivity contribution in [2.24, 2.45) is 12.5 Å². The Morgan fingerprint density at radius 2 is 1.90 bits per heavy atom. The third kappa shape index (κ3) is 4.31. The van der Waals surface area contributed by atoms with Crippen LogP contribution < -0.4 is 5.32 Å². The van der Waals surface area contributed by atoms with Gasteiger partial charge in [-0.05, 0) is 31.2 Å². The summed E-state index contributed by atoms with van der Waals surface area (Å²) in [5, 5.41) is 16.1. The highest BCUT2D eigenvalue weighted by Gasteiger charge is 2.32. The third-order valence-electron chi connectivity index (χ3n) is 3.68. The molecule has 0 aliphatic carbocycles. The van der Waals surface area contributed by atoms with Gasteiger partial charge in [-0.25, -0.2) is 4.79 Å². The molecule has 0 saturated heterocycles. The summed E-state index contributed by atoms with van der Waals surface area (Å²) in [4.78, 5) is 23.2. The average molecular weight is 295 g/mol. The first kappa shape index (κ1) is 17.2. The smallest absolute Gasteiger partial charge is 0.326 e.